The summed E-state index contributed by atoms with van der Waals surface area (Å²) >= 11 is 2.45. The van der Waals surface area contributed by atoms with Gasteiger partial charge in [-0.25, -0.2) is 0 Å². The molecule has 3 rings (SSSR count). The zero-order chi connectivity index (χ0) is 20.8. The van der Waals surface area contributed by atoms with Gasteiger partial charge < -0.3 is 5.32 Å². The third kappa shape index (κ3) is 5.72. The average Bonchev–Trinajstić information content (AvgIpc) is 3.15. The zero-order valence-corrected chi connectivity index (χ0v) is 17.3. The van der Waals surface area contributed by atoms with Gasteiger partial charge in [0.05, 0.1) is 5.25 Å². The van der Waals surface area contributed by atoms with E-state index in [9.17, 15) is 14.4 Å². The first kappa shape index (κ1) is 20.7. The third-order valence-corrected chi connectivity index (χ3v) is 5.89. The van der Waals surface area contributed by atoms with Gasteiger partial charge >= 0.3 is 0 Å². The van der Waals surface area contributed by atoms with E-state index in [1.54, 1.807) is 55.5 Å². The van der Waals surface area contributed by atoms with Crippen molar-refractivity contribution in [3.05, 3.63) is 65.7 Å². The molecule has 0 aliphatic carbocycles. The van der Waals surface area contributed by atoms with Crippen LogP contribution in [0.4, 0.5) is 10.8 Å². The van der Waals surface area contributed by atoms with Crippen LogP contribution in [0.15, 0.2) is 58.9 Å². The second-order valence-electron chi connectivity index (χ2n) is 6.08. The molecule has 9 heteroatoms. The lowest BCUT2D eigenvalue weighted by Crippen LogP contribution is -2.22. The maximum absolute atomic E-state index is 12.4. The second-order valence-corrected chi connectivity index (χ2v) is 8.64. The fraction of sp³-hybridized carbons (Fsp3) is 0.150. The summed E-state index contributed by atoms with van der Waals surface area (Å²) in [5.74, 6) is -0.494. The number of rotatable bonds is 7. The summed E-state index contributed by atoms with van der Waals surface area (Å²) < 4.78 is 0.572. The van der Waals surface area contributed by atoms with Gasteiger partial charge in [-0.05, 0) is 50.2 Å². The van der Waals surface area contributed by atoms with Crippen LogP contribution in [0.2, 0.25) is 0 Å². The average molecular weight is 427 g/mol. The van der Waals surface area contributed by atoms with Gasteiger partial charge in [0.15, 0.2) is 10.1 Å². The molecule has 3 aromatic rings. The van der Waals surface area contributed by atoms with Crippen LogP contribution in [0, 0.1) is 0 Å². The summed E-state index contributed by atoms with van der Waals surface area (Å²) in [6.45, 7) is 3.25. The van der Waals surface area contributed by atoms with Crippen LogP contribution in [0.1, 0.15) is 34.6 Å². The van der Waals surface area contributed by atoms with Crippen molar-refractivity contribution in [2.45, 2.75) is 23.4 Å². The Kier molecular flexibility index (Phi) is 6.73. The highest BCUT2D eigenvalue weighted by Crippen LogP contribution is 2.29. The predicted molar refractivity (Wildman–Crippen MR) is 115 cm³/mol. The van der Waals surface area contributed by atoms with Crippen LogP contribution < -0.4 is 10.6 Å². The van der Waals surface area contributed by atoms with Crippen LogP contribution in [0.25, 0.3) is 0 Å². The highest BCUT2D eigenvalue weighted by molar-refractivity contribution is 8.02. The van der Waals surface area contributed by atoms with Crippen LogP contribution in [0.5, 0.6) is 0 Å². The van der Waals surface area contributed by atoms with E-state index < -0.39 is 5.25 Å². The molecule has 0 fully saturated rings. The summed E-state index contributed by atoms with van der Waals surface area (Å²) in [4.78, 5) is 35.9. The smallest absolute Gasteiger partial charge is 0.257 e. The monoisotopic (exact) mass is 426 g/mol. The molecule has 0 bridgehead atoms. The molecule has 1 aromatic heterocycles. The fourth-order valence-electron chi connectivity index (χ4n) is 2.30. The number of aromatic nitrogens is 2. The molecule has 1 unspecified atom stereocenters. The number of nitrogens with zero attached hydrogens (tertiary/aromatic N) is 2. The summed E-state index contributed by atoms with van der Waals surface area (Å²) in [6, 6.07) is 15.5. The minimum absolute atomic E-state index is 0.0294. The molecule has 1 heterocycles. The van der Waals surface area contributed by atoms with Crippen LogP contribution in [-0.2, 0) is 4.79 Å². The minimum atomic E-state index is -0.423. The molecule has 0 aliphatic rings. The number of Topliss-reactive ketones (excluding diaryl/α,β-unsaturated/α-hetero) is 1. The van der Waals surface area contributed by atoms with Crippen LogP contribution in [-0.4, -0.2) is 33.0 Å². The normalized spacial score (nSPS) is 11.5. The Labute approximate surface area is 175 Å². The Balaban J connectivity index is 1.55. The Bertz CT molecular complexity index is 1020. The number of thioether (sulfide) groups is 1. The minimum Gasteiger partial charge on any atom is -0.325 e. The van der Waals surface area contributed by atoms with Gasteiger partial charge in [-0.1, -0.05) is 41.3 Å². The maximum Gasteiger partial charge on any atom is 0.257 e. The highest BCUT2D eigenvalue weighted by atomic mass is 32.2. The van der Waals surface area contributed by atoms with Crippen molar-refractivity contribution in [3.63, 3.8) is 0 Å². The van der Waals surface area contributed by atoms with Gasteiger partial charge in [0, 0.05) is 16.8 Å². The second kappa shape index (κ2) is 9.44. The quantitative estimate of drug-likeness (QED) is 0.335. The largest absolute Gasteiger partial charge is 0.325 e. The molecule has 7 nitrogen and oxygen atoms in total. The zero-order valence-electron chi connectivity index (χ0n) is 15.7. The molecule has 2 aromatic carbocycles. The molecule has 2 amide bonds. The maximum atomic E-state index is 12.4. The van der Waals surface area contributed by atoms with Gasteiger partial charge in [0.25, 0.3) is 5.91 Å². The lowest BCUT2D eigenvalue weighted by atomic mass is 10.1. The molecule has 1 atom stereocenters. The van der Waals surface area contributed by atoms with E-state index in [1.807, 2.05) is 6.07 Å². The van der Waals surface area contributed by atoms with Crippen molar-refractivity contribution in [2.24, 2.45) is 0 Å². The van der Waals surface area contributed by atoms with Crippen molar-refractivity contribution < 1.29 is 14.4 Å². The number of amides is 2. The van der Waals surface area contributed by atoms with Crippen molar-refractivity contribution >= 4 is 51.5 Å². The molecule has 148 valence electrons. The van der Waals surface area contributed by atoms with Crippen molar-refractivity contribution in [1.82, 2.24) is 10.2 Å². The first-order valence-electron chi connectivity index (χ1n) is 8.71. The Morgan fingerprint density at radius 1 is 0.931 bits per heavy atom. The standard InChI is InChI=1S/C20H18N4O3S2/c1-12(25)14-8-10-16(11-9-14)21-17(26)13(2)28-20-24-23-19(29-20)22-18(27)15-6-4-3-5-7-15/h3-11,13H,1-2H3,(H,21,26)(H,22,23,27). The number of carbonyl (C=O) groups is 3. The van der Waals surface area contributed by atoms with Crippen LogP contribution in [0.3, 0.4) is 0 Å². The number of nitrogens with one attached hydrogen (secondary N) is 2. The summed E-state index contributed by atoms with van der Waals surface area (Å²) in [5, 5.41) is 13.4. The molecular weight excluding hydrogens is 408 g/mol. The number of carbonyl (C=O) groups excluding carboxylic acids is 3. The van der Waals surface area contributed by atoms with E-state index in [1.165, 1.54) is 30.0 Å². The molecule has 29 heavy (non-hydrogen) atoms. The van der Waals surface area contributed by atoms with Gasteiger partial charge in [-0.3, -0.25) is 19.7 Å². The topological polar surface area (TPSA) is 101 Å². The third-order valence-electron chi connectivity index (χ3n) is 3.87. The van der Waals surface area contributed by atoms with Gasteiger partial charge in [0.1, 0.15) is 0 Å². The molecule has 2 N–H and O–H groups in total. The van der Waals surface area contributed by atoms with E-state index in [2.05, 4.69) is 20.8 Å². The van der Waals surface area contributed by atoms with Gasteiger partial charge in [-0.2, -0.15) is 0 Å². The summed E-state index contributed by atoms with van der Waals surface area (Å²) in [5.41, 5.74) is 1.73. The first-order chi connectivity index (χ1) is 13.9. The number of hydrogen-bond acceptors (Lipinski definition) is 7. The van der Waals surface area contributed by atoms with Crippen LogP contribution >= 0.6 is 23.1 Å². The number of hydrogen-bond donors (Lipinski definition) is 2. The molecule has 0 spiro atoms. The number of anilines is 2. The van der Waals surface area contributed by atoms with E-state index in [0.717, 1.165) is 0 Å². The Hall–Kier alpha value is -3.04. The Morgan fingerprint density at radius 3 is 2.28 bits per heavy atom. The molecule has 0 radical (unpaired) electrons. The lowest BCUT2D eigenvalue weighted by molar-refractivity contribution is -0.115. The molecule has 0 saturated carbocycles. The number of benzene rings is 2. The van der Waals surface area contributed by atoms with Gasteiger partial charge in [-0.15, -0.1) is 10.2 Å². The van der Waals surface area contributed by atoms with Gasteiger partial charge in [0.2, 0.25) is 11.0 Å². The molecule has 0 aliphatic heterocycles. The van der Waals surface area contributed by atoms with Crippen molar-refractivity contribution in [2.75, 3.05) is 10.6 Å². The Morgan fingerprint density at radius 2 is 1.62 bits per heavy atom. The number of ketones is 1. The van der Waals surface area contributed by atoms with Crippen molar-refractivity contribution in [3.8, 4) is 0 Å². The first-order valence-corrected chi connectivity index (χ1v) is 10.4. The van der Waals surface area contributed by atoms with E-state index >= 15 is 0 Å². The highest BCUT2D eigenvalue weighted by Gasteiger charge is 2.18. The van der Waals surface area contributed by atoms with E-state index in [0.29, 0.717) is 26.3 Å². The summed E-state index contributed by atoms with van der Waals surface area (Å²) in [6.07, 6.45) is 0. The molecular formula is C20H18N4O3S2. The summed E-state index contributed by atoms with van der Waals surface area (Å²) in [7, 11) is 0. The van der Waals surface area contributed by atoms with Crippen molar-refractivity contribution in [1.29, 1.82) is 0 Å². The fourth-order valence-corrected chi connectivity index (χ4v) is 4.19. The SMILES string of the molecule is CC(=O)c1ccc(NC(=O)C(C)Sc2nnc(NC(=O)c3ccccc3)s2)cc1. The lowest BCUT2D eigenvalue weighted by Gasteiger charge is -2.10. The molecule has 0 saturated heterocycles. The van der Waals surface area contributed by atoms with E-state index in [4.69, 9.17) is 0 Å². The van der Waals surface area contributed by atoms with E-state index in [-0.39, 0.29) is 17.6 Å². The predicted octanol–water partition coefficient (Wildman–Crippen LogP) is 4.11.